The van der Waals surface area contributed by atoms with E-state index in [1.165, 1.54) is 12.1 Å². The first-order chi connectivity index (χ1) is 17.0. The van der Waals surface area contributed by atoms with E-state index in [-0.39, 0.29) is 11.7 Å². The van der Waals surface area contributed by atoms with Crippen LogP contribution in [0.5, 0.6) is 5.75 Å². The molecule has 1 amide bonds. The number of hydrogen-bond donors (Lipinski definition) is 1. The van der Waals surface area contributed by atoms with Gasteiger partial charge in [0.05, 0.1) is 26.1 Å². The van der Waals surface area contributed by atoms with Crippen LogP contribution in [0.15, 0.2) is 47.1 Å². The molecular formula is C28H33FN2O4. The number of morpholine rings is 1. The van der Waals surface area contributed by atoms with Crippen molar-refractivity contribution in [2.45, 2.75) is 27.2 Å². The Balaban J connectivity index is 1.55. The van der Waals surface area contributed by atoms with E-state index in [0.717, 1.165) is 78.1 Å². The molecule has 0 unspecified atom stereocenters. The van der Waals surface area contributed by atoms with Crippen molar-refractivity contribution in [3.05, 3.63) is 59.6 Å². The fourth-order valence-corrected chi connectivity index (χ4v) is 4.46. The van der Waals surface area contributed by atoms with E-state index in [9.17, 15) is 9.18 Å². The number of halogens is 1. The number of furan rings is 1. The topological polar surface area (TPSA) is 63.9 Å². The van der Waals surface area contributed by atoms with Crippen molar-refractivity contribution in [2.24, 2.45) is 0 Å². The van der Waals surface area contributed by atoms with E-state index < -0.39 is 0 Å². The molecule has 4 rings (SSSR count). The van der Waals surface area contributed by atoms with Crippen molar-refractivity contribution in [1.29, 1.82) is 0 Å². The second-order valence-corrected chi connectivity index (χ2v) is 8.77. The first-order valence-corrected chi connectivity index (χ1v) is 12.2. The van der Waals surface area contributed by atoms with Crippen LogP contribution in [0.4, 0.5) is 4.39 Å². The number of benzene rings is 2. The predicted octanol–water partition coefficient (Wildman–Crippen LogP) is 5.19. The van der Waals surface area contributed by atoms with Crippen molar-refractivity contribution in [2.75, 3.05) is 46.0 Å². The molecule has 0 radical (unpaired) electrons. The number of fused-ring (bicyclic) bond motifs is 1. The Labute approximate surface area is 205 Å². The third-order valence-electron chi connectivity index (χ3n) is 6.31. The van der Waals surface area contributed by atoms with E-state index in [1.54, 1.807) is 24.5 Å². The fraction of sp³-hybridized carbons (Fsp3) is 0.393. The number of allylic oxidation sites excluding steroid dienone is 1. The molecule has 1 aromatic heterocycles. The van der Waals surface area contributed by atoms with Gasteiger partial charge in [-0.25, -0.2) is 4.39 Å². The minimum Gasteiger partial charge on any atom is -0.493 e. The molecule has 186 valence electrons. The maximum atomic E-state index is 13.4. The van der Waals surface area contributed by atoms with Crippen molar-refractivity contribution < 1.29 is 23.1 Å². The SMILES string of the molecule is CCOc1c(/C(C)=C/C(=O)NCCCN2CCOCC2)cc2c(-c3ccc(F)cc3)coc2c1C. The minimum absolute atomic E-state index is 0.129. The van der Waals surface area contributed by atoms with Crippen LogP contribution in [0.25, 0.3) is 27.7 Å². The Kier molecular flexibility index (Phi) is 8.21. The van der Waals surface area contributed by atoms with Gasteiger partial charge in [0.1, 0.15) is 17.1 Å². The van der Waals surface area contributed by atoms with Crippen molar-refractivity contribution >= 4 is 22.4 Å². The van der Waals surface area contributed by atoms with Crippen LogP contribution in [0.3, 0.4) is 0 Å². The number of rotatable bonds is 9. The number of nitrogens with zero attached hydrogens (tertiary/aromatic N) is 1. The molecular weight excluding hydrogens is 447 g/mol. The average Bonchev–Trinajstić information content (AvgIpc) is 3.29. The summed E-state index contributed by atoms with van der Waals surface area (Å²) in [6.45, 7) is 11.3. The highest BCUT2D eigenvalue weighted by Crippen LogP contribution is 2.40. The summed E-state index contributed by atoms with van der Waals surface area (Å²) in [5.41, 5.74) is 4.95. The zero-order valence-electron chi connectivity index (χ0n) is 20.7. The van der Waals surface area contributed by atoms with Crippen LogP contribution < -0.4 is 10.1 Å². The molecule has 1 aliphatic heterocycles. The second kappa shape index (κ2) is 11.5. The number of hydrogen-bond acceptors (Lipinski definition) is 5. The van der Waals surface area contributed by atoms with Crippen molar-refractivity contribution in [1.82, 2.24) is 10.2 Å². The fourth-order valence-electron chi connectivity index (χ4n) is 4.46. The van der Waals surface area contributed by atoms with Gasteiger partial charge in [0.25, 0.3) is 0 Å². The molecule has 3 aromatic rings. The second-order valence-electron chi connectivity index (χ2n) is 8.77. The summed E-state index contributed by atoms with van der Waals surface area (Å²) in [5, 5.41) is 3.89. The zero-order chi connectivity index (χ0) is 24.8. The maximum absolute atomic E-state index is 13.4. The van der Waals surface area contributed by atoms with Crippen LogP contribution in [-0.2, 0) is 9.53 Å². The standard InChI is InChI=1S/C28H33FN2O4/c1-4-34-27-20(3)28-24(25(18-35-28)21-6-8-22(29)9-7-21)17-23(27)19(2)16-26(32)30-10-5-11-31-12-14-33-15-13-31/h6-9,16-18H,4-5,10-15H2,1-3H3,(H,30,32)/b19-16+. The minimum atomic E-state index is -0.285. The van der Waals surface area contributed by atoms with E-state index in [2.05, 4.69) is 10.2 Å². The van der Waals surface area contributed by atoms with Gasteiger partial charge in [-0.15, -0.1) is 0 Å². The largest absolute Gasteiger partial charge is 0.493 e. The number of ether oxygens (including phenoxy) is 2. The van der Waals surface area contributed by atoms with Gasteiger partial charge in [0.15, 0.2) is 0 Å². The number of amides is 1. The molecule has 0 saturated carbocycles. The van der Waals surface area contributed by atoms with Crippen LogP contribution >= 0.6 is 0 Å². The van der Waals surface area contributed by atoms with Gasteiger partial charge >= 0.3 is 0 Å². The number of nitrogens with one attached hydrogen (secondary N) is 1. The molecule has 35 heavy (non-hydrogen) atoms. The van der Waals surface area contributed by atoms with Gasteiger partial charge in [0, 0.05) is 47.8 Å². The van der Waals surface area contributed by atoms with Crippen LogP contribution in [0.2, 0.25) is 0 Å². The summed E-state index contributed by atoms with van der Waals surface area (Å²) in [6, 6.07) is 8.33. The average molecular weight is 481 g/mol. The highest BCUT2D eigenvalue weighted by Gasteiger charge is 2.19. The van der Waals surface area contributed by atoms with E-state index in [0.29, 0.717) is 18.9 Å². The van der Waals surface area contributed by atoms with E-state index in [4.69, 9.17) is 13.9 Å². The van der Waals surface area contributed by atoms with Crippen LogP contribution in [0, 0.1) is 12.7 Å². The van der Waals surface area contributed by atoms with Gasteiger partial charge in [-0.3, -0.25) is 9.69 Å². The molecule has 0 aliphatic carbocycles. The molecule has 0 bridgehead atoms. The molecule has 0 spiro atoms. The van der Waals surface area contributed by atoms with Gasteiger partial charge in [-0.2, -0.15) is 0 Å². The van der Waals surface area contributed by atoms with Crippen LogP contribution in [-0.4, -0.2) is 56.8 Å². The lowest BCUT2D eigenvalue weighted by Crippen LogP contribution is -2.38. The van der Waals surface area contributed by atoms with Gasteiger partial charge in [-0.1, -0.05) is 12.1 Å². The predicted molar refractivity (Wildman–Crippen MR) is 136 cm³/mol. The molecule has 6 nitrogen and oxygen atoms in total. The quantitative estimate of drug-likeness (QED) is 0.337. The molecule has 1 N–H and O–H groups in total. The Morgan fingerprint density at radius 2 is 1.97 bits per heavy atom. The Morgan fingerprint density at radius 3 is 2.69 bits per heavy atom. The van der Waals surface area contributed by atoms with E-state index in [1.807, 2.05) is 26.8 Å². The molecule has 7 heteroatoms. The lowest BCUT2D eigenvalue weighted by molar-refractivity contribution is -0.116. The first kappa shape index (κ1) is 24.9. The molecule has 2 heterocycles. The van der Waals surface area contributed by atoms with E-state index >= 15 is 0 Å². The summed E-state index contributed by atoms with van der Waals surface area (Å²) in [4.78, 5) is 15.0. The Hall–Kier alpha value is -3.16. The highest BCUT2D eigenvalue weighted by molar-refractivity contribution is 6.01. The summed E-state index contributed by atoms with van der Waals surface area (Å²) < 4.78 is 30.7. The highest BCUT2D eigenvalue weighted by atomic mass is 19.1. The number of carbonyl (C=O) groups excluding carboxylic acids is 1. The summed E-state index contributed by atoms with van der Waals surface area (Å²) in [5.74, 6) is 0.288. The molecule has 1 saturated heterocycles. The van der Waals surface area contributed by atoms with Gasteiger partial charge in [-0.05, 0) is 63.1 Å². The molecule has 1 aliphatic rings. The maximum Gasteiger partial charge on any atom is 0.244 e. The molecule has 1 fully saturated rings. The summed E-state index contributed by atoms with van der Waals surface area (Å²) >= 11 is 0. The monoisotopic (exact) mass is 480 g/mol. The lowest BCUT2D eigenvalue weighted by atomic mass is 9.96. The van der Waals surface area contributed by atoms with Gasteiger partial charge in [0.2, 0.25) is 5.91 Å². The Bertz CT molecular complexity index is 1190. The normalized spacial score (nSPS) is 14.9. The zero-order valence-corrected chi connectivity index (χ0v) is 20.7. The van der Waals surface area contributed by atoms with Crippen LogP contribution in [0.1, 0.15) is 31.4 Å². The van der Waals surface area contributed by atoms with Crippen molar-refractivity contribution in [3.8, 4) is 16.9 Å². The molecule has 0 atom stereocenters. The summed E-state index contributed by atoms with van der Waals surface area (Å²) in [7, 11) is 0. The Morgan fingerprint density at radius 1 is 1.23 bits per heavy atom. The number of carbonyl (C=O) groups is 1. The first-order valence-electron chi connectivity index (χ1n) is 12.2. The number of aryl methyl sites for hydroxylation is 1. The molecule has 2 aromatic carbocycles. The van der Waals surface area contributed by atoms with Crippen molar-refractivity contribution in [3.63, 3.8) is 0 Å². The summed E-state index contributed by atoms with van der Waals surface area (Å²) in [6.07, 6.45) is 4.20. The smallest absolute Gasteiger partial charge is 0.244 e. The lowest BCUT2D eigenvalue weighted by Gasteiger charge is -2.26. The van der Waals surface area contributed by atoms with Gasteiger partial charge < -0.3 is 19.2 Å². The third-order valence-corrected chi connectivity index (χ3v) is 6.31. The third kappa shape index (κ3) is 5.92.